The molecule has 1 aromatic rings. The van der Waals surface area contributed by atoms with Crippen molar-refractivity contribution in [1.82, 2.24) is 10.5 Å². The molecule has 1 heterocycles. The van der Waals surface area contributed by atoms with Crippen LogP contribution < -0.4 is 10.6 Å². The maximum atomic E-state index is 12.1. The Bertz CT molecular complexity index is 536. The molecular formula is C16H25N3O3S. The predicted octanol–water partition coefficient (Wildman–Crippen LogP) is 2.60. The predicted molar refractivity (Wildman–Crippen MR) is 91.3 cm³/mol. The lowest BCUT2D eigenvalue weighted by Crippen LogP contribution is -2.46. The third-order valence-corrected chi connectivity index (χ3v) is 5.17. The number of hydrogen-bond acceptors (Lipinski definition) is 5. The quantitative estimate of drug-likeness (QED) is 0.832. The molecule has 1 aromatic heterocycles. The summed E-state index contributed by atoms with van der Waals surface area (Å²) >= 11 is 1.30. The van der Waals surface area contributed by atoms with Crippen molar-refractivity contribution in [1.29, 1.82) is 0 Å². The van der Waals surface area contributed by atoms with Crippen molar-refractivity contribution < 1.29 is 14.1 Å². The van der Waals surface area contributed by atoms with Crippen molar-refractivity contribution in [3.8, 4) is 0 Å². The molecule has 7 heteroatoms. The lowest BCUT2D eigenvalue weighted by Gasteiger charge is -2.35. The minimum atomic E-state index is -0.185. The highest BCUT2D eigenvalue weighted by molar-refractivity contribution is 8.00. The van der Waals surface area contributed by atoms with Crippen molar-refractivity contribution in [2.45, 2.75) is 46.1 Å². The first kappa shape index (κ1) is 17.8. The molecule has 0 bridgehead atoms. The summed E-state index contributed by atoms with van der Waals surface area (Å²) in [6, 6.07) is 1.91. The lowest BCUT2D eigenvalue weighted by atomic mass is 9.79. The highest BCUT2D eigenvalue weighted by atomic mass is 32.2. The van der Waals surface area contributed by atoms with Gasteiger partial charge in [0.1, 0.15) is 5.76 Å². The third kappa shape index (κ3) is 5.57. The first-order chi connectivity index (χ1) is 11.0. The zero-order valence-electron chi connectivity index (χ0n) is 13.9. The second-order valence-electron chi connectivity index (χ2n) is 6.34. The maximum Gasteiger partial charge on any atom is 0.235 e. The number of aromatic nitrogens is 1. The summed E-state index contributed by atoms with van der Waals surface area (Å²) in [5.41, 5.74) is 0. The normalized spacial score (nSPS) is 21.9. The zero-order chi connectivity index (χ0) is 16.8. The molecule has 2 amide bonds. The van der Waals surface area contributed by atoms with Gasteiger partial charge in [-0.3, -0.25) is 9.59 Å². The molecule has 1 saturated carbocycles. The van der Waals surface area contributed by atoms with E-state index in [1.165, 1.54) is 31.0 Å². The van der Waals surface area contributed by atoms with Crippen LogP contribution in [0.5, 0.6) is 0 Å². The van der Waals surface area contributed by atoms with Gasteiger partial charge in [0.25, 0.3) is 0 Å². The monoisotopic (exact) mass is 339 g/mol. The van der Waals surface area contributed by atoms with Crippen LogP contribution in [0.15, 0.2) is 10.6 Å². The zero-order valence-corrected chi connectivity index (χ0v) is 14.7. The smallest absolute Gasteiger partial charge is 0.235 e. The van der Waals surface area contributed by atoms with Crippen molar-refractivity contribution in [3.05, 3.63) is 11.8 Å². The molecule has 2 N–H and O–H groups in total. The number of nitrogens with zero attached hydrogens (tertiary/aromatic N) is 1. The van der Waals surface area contributed by atoms with Gasteiger partial charge < -0.3 is 15.2 Å². The Balaban J connectivity index is 1.67. The summed E-state index contributed by atoms with van der Waals surface area (Å²) in [5, 5.41) is 9.46. The Morgan fingerprint density at radius 2 is 1.91 bits per heavy atom. The molecule has 23 heavy (non-hydrogen) atoms. The summed E-state index contributed by atoms with van der Waals surface area (Å²) in [5.74, 6) is 2.42. The standard InChI is InChI=1S/C16H25N3O3S/c1-10-5-4-6-11(2)16(10)18-15(21)9-23-8-14(20)17-13-7-12(3)22-19-13/h7,10-11,16H,4-6,8-9H2,1-3H3,(H,18,21)(H,17,19,20)/t10-,11-/m1/s1. The molecule has 1 aliphatic carbocycles. The van der Waals surface area contributed by atoms with E-state index < -0.39 is 0 Å². The van der Waals surface area contributed by atoms with Gasteiger partial charge in [0.15, 0.2) is 5.82 Å². The van der Waals surface area contributed by atoms with Gasteiger partial charge in [-0.15, -0.1) is 11.8 Å². The van der Waals surface area contributed by atoms with E-state index in [-0.39, 0.29) is 23.6 Å². The number of rotatable bonds is 6. The molecule has 0 aliphatic heterocycles. The molecular weight excluding hydrogens is 314 g/mol. The van der Waals surface area contributed by atoms with E-state index >= 15 is 0 Å². The van der Waals surface area contributed by atoms with Crippen LogP contribution in [-0.2, 0) is 9.59 Å². The van der Waals surface area contributed by atoms with Crippen molar-refractivity contribution in [3.63, 3.8) is 0 Å². The fraction of sp³-hybridized carbons (Fsp3) is 0.688. The number of nitrogens with one attached hydrogen (secondary N) is 2. The minimum Gasteiger partial charge on any atom is -0.360 e. The first-order valence-corrected chi connectivity index (χ1v) is 9.21. The topological polar surface area (TPSA) is 84.2 Å². The molecule has 1 aliphatic rings. The molecule has 128 valence electrons. The summed E-state index contributed by atoms with van der Waals surface area (Å²) in [6.07, 6.45) is 3.58. The SMILES string of the molecule is Cc1cc(NC(=O)CSCC(=O)NC2[C@H](C)CCC[C@H]2C)no1. The fourth-order valence-corrected chi connectivity index (χ4v) is 3.66. The van der Waals surface area contributed by atoms with E-state index in [4.69, 9.17) is 4.52 Å². The van der Waals surface area contributed by atoms with Crippen LogP contribution >= 0.6 is 11.8 Å². The molecule has 2 rings (SSSR count). The summed E-state index contributed by atoms with van der Waals surface area (Å²) in [7, 11) is 0. The molecule has 0 radical (unpaired) electrons. The van der Waals surface area contributed by atoms with Crippen LogP contribution in [0, 0.1) is 18.8 Å². The average molecular weight is 339 g/mol. The fourth-order valence-electron chi connectivity index (χ4n) is 3.03. The average Bonchev–Trinajstić information content (AvgIpc) is 2.88. The Morgan fingerprint density at radius 3 is 2.52 bits per heavy atom. The first-order valence-electron chi connectivity index (χ1n) is 8.06. The maximum absolute atomic E-state index is 12.1. The second kappa shape index (κ2) is 8.38. The number of thioether (sulfide) groups is 1. The van der Waals surface area contributed by atoms with Crippen LogP contribution in [0.25, 0.3) is 0 Å². The summed E-state index contributed by atoms with van der Waals surface area (Å²) in [4.78, 5) is 23.8. The highest BCUT2D eigenvalue weighted by Gasteiger charge is 2.28. The van der Waals surface area contributed by atoms with E-state index in [9.17, 15) is 9.59 Å². The summed E-state index contributed by atoms with van der Waals surface area (Å²) < 4.78 is 4.88. The second-order valence-corrected chi connectivity index (χ2v) is 7.33. The Hall–Kier alpha value is -1.50. The Kier molecular flexibility index (Phi) is 6.50. The van der Waals surface area contributed by atoms with Gasteiger partial charge in [-0.1, -0.05) is 25.4 Å². The lowest BCUT2D eigenvalue weighted by molar-refractivity contribution is -0.120. The number of carbonyl (C=O) groups is 2. The number of carbonyl (C=O) groups excluding carboxylic acids is 2. The van der Waals surface area contributed by atoms with Gasteiger partial charge in [0.05, 0.1) is 11.5 Å². The van der Waals surface area contributed by atoms with Gasteiger partial charge >= 0.3 is 0 Å². The van der Waals surface area contributed by atoms with E-state index in [2.05, 4.69) is 29.6 Å². The molecule has 0 saturated heterocycles. The van der Waals surface area contributed by atoms with Crippen LogP contribution in [0.4, 0.5) is 5.82 Å². The molecule has 0 unspecified atom stereocenters. The van der Waals surface area contributed by atoms with E-state index in [0.29, 0.717) is 29.2 Å². The van der Waals surface area contributed by atoms with Gasteiger partial charge in [-0.2, -0.15) is 0 Å². The minimum absolute atomic E-state index is 0.00526. The van der Waals surface area contributed by atoms with Gasteiger partial charge in [0, 0.05) is 12.1 Å². The van der Waals surface area contributed by atoms with Crippen molar-refractivity contribution >= 4 is 29.4 Å². The largest absolute Gasteiger partial charge is 0.360 e. The molecule has 2 atom stereocenters. The van der Waals surface area contributed by atoms with Crippen LogP contribution in [0.1, 0.15) is 38.9 Å². The van der Waals surface area contributed by atoms with Gasteiger partial charge in [0.2, 0.25) is 11.8 Å². The highest BCUT2D eigenvalue weighted by Crippen LogP contribution is 2.28. The number of amides is 2. The third-order valence-electron chi connectivity index (χ3n) is 4.23. The number of anilines is 1. The summed E-state index contributed by atoms with van der Waals surface area (Å²) in [6.45, 7) is 6.15. The van der Waals surface area contributed by atoms with Crippen molar-refractivity contribution in [2.75, 3.05) is 16.8 Å². The van der Waals surface area contributed by atoms with Gasteiger partial charge in [-0.05, 0) is 31.6 Å². The molecule has 6 nitrogen and oxygen atoms in total. The number of hydrogen-bond donors (Lipinski definition) is 2. The van der Waals surface area contributed by atoms with Crippen LogP contribution in [-0.4, -0.2) is 34.5 Å². The molecule has 1 fully saturated rings. The van der Waals surface area contributed by atoms with E-state index in [1.54, 1.807) is 13.0 Å². The number of aryl methyl sites for hydroxylation is 1. The van der Waals surface area contributed by atoms with Crippen LogP contribution in [0.2, 0.25) is 0 Å². The Morgan fingerprint density at radius 1 is 1.26 bits per heavy atom. The molecule has 0 spiro atoms. The van der Waals surface area contributed by atoms with E-state index in [1.807, 2.05) is 0 Å². The molecule has 0 aromatic carbocycles. The van der Waals surface area contributed by atoms with Crippen molar-refractivity contribution in [2.24, 2.45) is 11.8 Å². The Labute approximate surface area is 141 Å². The van der Waals surface area contributed by atoms with Gasteiger partial charge in [-0.25, -0.2) is 0 Å². The van der Waals surface area contributed by atoms with E-state index in [0.717, 1.165) is 0 Å². The van der Waals surface area contributed by atoms with Crippen LogP contribution in [0.3, 0.4) is 0 Å².